The molecule has 0 aliphatic carbocycles. The summed E-state index contributed by atoms with van der Waals surface area (Å²) in [5.41, 5.74) is 8.70. The van der Waals surface area contributed by atoms with Gasteiger partial charge in [-0.25, -0.2) is 0 Å². The molecule has 0 N–H and O–H groups in total. The highest BCUT2D eigenvalue weighted by atomic mass is 14.7. The first-order valence-corrected chi connectivity index (χ1v) is 5.62. The molecule has 0 saturated carbocycles. The summed E-state index contributed by atoms with van der Waals surface area (Å²) in [5.74, 6) is 0. The van der Waals surface area contributed by atoms with Crippen LogP contribution in [0, 0.1) is 34.6 Å². The molecule has 0 heterocycles. The summed E-state index contributed by atoms with van der Waals surface area (Å²) >= 11 is 0. The maximum absolute atomic E-state index is 4.54. The zero-order valence-electron chi connectivity index (χ0n) is 11.2. The molecule has 0 saturated heterocycles. The average molecular weight is 215 g/mol. The molecule has 1 rings (SSSR count). The van der Waals surface area contributed by atoms with E-state index in [-0.39, 0.29) is 0 Å². The minimum absolute atomic E-state index is 0.981. The maximum atomic E-state index is 4.54. The van der Waals surface area contributed by atoms with Crippen molar-refractivity contribution in [2.45, 2.75) is 41.5 Å². The third kappa shape index (κ3) is 2.24. The van der Waals surface area contributed by atoms with Gasteiger partial charge >= 0.3 is 0 Å². The van der Waals surface area contributed by atoms with Crippen LogP contribution in [0.2, 0.25) is 0 Å². The number of allylic oxidation sites excluding steroid dienone is 1. The van der Waals surface area contributed by atoms with Crippen LogP contribution in [0.3, 0.4) is 0 Å². The van der Waals surface area contributed by atoms with Gasteiger partial charge in [-0.3, -0.25) is 4.99 Å². The van der Waals surface area contributed by atoms with Gasteiger partial charge in [-0.15, -0.1) is 0 Å². The lowest BCUT2D eigenvalue weighted by Gasteiger charge is -2.15. The molecule has 0 unspecified atom stereocenters. The molecule has 0 aliphatic heterocycles. The smallest absolute Gasteiger partial charge is 0.0693 e. The first-order valence-electron chi connectivity index (χ1n) is 5.62. The summed E-state index contributed by atoms with van der Waals surface area (Å²) < 4.78 is 0. The highest BCUT2D eigenvalue weighted by Gasteiger charge is 2.10. The van der Waals surface area contributed by atoms with Crippen molar-refractivity contribution in [3.05, 3.63) is 40.0 Å². The third-order valence-electron chi connectivity index (χ3n) is 3.37. The Morgan fingerprint density at radius 2 is 1.25 bits per heavy atom. The van der Waals surface area contributed by atoms with Crippen molar-refractivity contribution in [2.75, 3.05) is 0 Å². The average Bonchev–Trinajstić information content (AvgIpc) is 2.23. The van der Waals surface area contributed by atoms with Crippen LogP contribution in [0.5, 0.6) is 0 Å². The largest absolute Gasteiger partial charge is 0.256 e. The van der Waals surface area contributed by atoms with Gasteiger partial charge in [-0.1, -0.05) is 6.58 Å². The Bertz CT molecular complexity index is 436. The van der Waals surface area contributed by atoms with Gasteiger partial charge in [0.05, 0.1) is 5.69 Å². The van der Waals surface area contributed by atoms with Crippen molar-refractivity contribution in [3.63, 3.8) is 0 Å². The maximum Gasteiger partial charge on any atom is 0.0693 e. The Labute approximate surface area is 98.9 Å². The van der Waals surface area contributed by atoms with Gasteiger partial charge < -0.3 is 0 Å². The second-order valence-electron chi connectivity index (χ2n) is 4.58. The van der Waals surface area contributed by atoms with Crippen LogP contribution in [-0.2, 0) is 0 Å². The molecule has 1 nitrogen and oxygen atoms in total. The van der Waals surface area contributed by atoms with Gasteiger partial charge in [0.2, 0.25) is 0 Å². The fourth-order valence-corrected chi connectivity index (χ4v) is 1.85. The first-order chi connectivity index (χ1) is 7.36. The van der Waals surface area contributed by atoms with Crippen molar-refractivity contribution in [1.82, 2.24) is 0 Å². The molecule has 0 aliphatic rings. The quantitative estimate of drug-likeness (QED) is 0.644. The van der Waals surface area contributed by atoms with E-state index >= 15 is 0 Å². The fourth-order valence-electron chi connectivity index (χ4n) is 1.85. The monoisotopic (exact) mass is 215 g/mol. The van der Waals surface area contributed by atoms with E-state index in [1.807, 2.05) is 13.1 Å². The van der Waals surface area contributed by atoms with E-state index in [0.717, 1.165) is 11.3 Å². The van der Waals surface area contributed by atoms with Crippen LogP contribution >= 0.6 is 0 Å². The van der Waals surface area contributed by atoms with Crippen LogP contribution in [0.25, 0.3) is 0 Å². The predicted octanol–water partition coefficient (Wildman–Crippen LogP) is 4.51. The summed E-state index contributed by atoms with van der Waals surface area (Å²) in [7, 11) is 0. The van der Waals surface area contributed by atoms with Crippen LogP contribution in [0.1, 0.15) is 34.7 Å². The molecule has 0 aromatic heterocycles. The Kier molecular flexibility index (Phi) is 3.69. The minimum Gasteiger partial charge on any atom is -0.256 e. The normalized spacial score (nSPS) is 11.1. The molecule has 0 atom stereocenters. The zero-order chi connectivity index (χ0) is 12.5. The number of hydrogen-bond donors (Lipinski definition) is 0. The van der Waals surface area contributed by atoms with Gasteiger partial charge in [-0.05, 0) is 74.9 Å². The molecular weight excluding hydrogens is 194 g/mol. The summed E-state index contributed by atoms with van der Waals surface area (Å²) in [6.45, 7) is 16.6. The van der Waals surface area contributed by atoms with Gasteiger partial charge in [0, 0.05) is 6.21 Å². The van der Waals surface area contributed by atoms with Crippen LogP contribution in [0.15, 0.2) is 17.1 Å². The standard InChI is InChI=1S/C15H21N/c1-9(2)8-16-15-13(6)11(4)10(3)12(5)14(15)7/h8H,1H2,2-7H3. The Morgan fingerprint density at radius 3 is 1.62 bits per heavy atom. The van der Waals surface area contributed by atoms with Gasteiger partial charge in [0.15, 0.2) is 0 Å². The van der Waals surface area contributed by atoms with E-state index in [2.05, 4.69) is 46.2 Å². The molecule has 16 heavy (non-hydrogen) atoms. The van der Waals surface area contributed by atoms with Gasteiger partial charge in [0.1, 0.15) is 0 Å². The Balaban J connectivity index is 3.45. The lowest BCUT2D eigenvalue weighted by atomic mass is 9.93. The second kappa shape index (κ2) is 4.65. The van der Waals surface area contributed by atoms with E-state index in [0.29, 0.717) is 0 Å². The summed E-state index contributed by atoms with van der Waals surface area (Å²) in [4.78, 5) is 4.54. The van der Waals surface area contributed by atoms with Crippen molar-refractivity contribution in [3.8, 4) is 0 Å². The van der Waals surface area contributed by atoms with Gasteiger partial charge in [-0.2, -0.15) is 0 Å². The minimum atomic E-state index is 0.981. The number of hydrogen-bond acceptors (Lipinski definition) is 1. The fraction of sp³-hybridized carbons (Fsp3) is 0.400. The molecule has 0 spiro atoms. The SMILES string of the molecule is C=C(C)C=Nc1c(C)c(C)c(C)c(C)c1C. The molecule has 1 aromatic carbocycles. The summed E-state index contributed by atoms with van der Waals surface area (Å²) in [5, 5.41) is 0. The summed E-state index contributed by atoms with van der Waals surface area (Å²) in [6, 6.07) is 0. The van der Waals surface area contributed by atoms with E-state index in [4.69, 9.17) is 0 Å². The van der Waals surface area contributed by atoms with Crippen LogP contribution < -0.4 is 0 Å². The molecule has 0 fully saturated rings. The third-order valence-corrected chi connectivity index (χ3v) is 3.37. The lowest BCUT2D eigenvalue weighted by molar-refractivity contribution is 1.16. The number of aliphatic imine (C=N–C) groups is 1. The molecule has 1 aromatic rings. The molecular formula is C15H21N. The molecule has 1 heteroatoms. The van der Waals surface area contributed by atoms with Crippen molar-refractivity contribution in [2.24, 2.45) is 4.99 Å². The van der Waals surface area contributed by atoms with Crippen LogP contribution in [0.4, 0.5) is 5.69 Å². The zero-order valence-corrected chi connectivity index (χ0v) is 11.2. The first kappa shape index (κ1) is 12.7. The van der Waals surface area contributed by atoms with E-state index in [9.17, 15) is 0 Å². The van der Waals surface area contributed by atoms with E-state index in [1.165, 1.54) is 27.8 Å². The highest BCUT2D eigenvalue weighted by molar-refractivity contribution is 5.81. The lowest BCUT2D eigenvalue weighted by Crippen LogP contribution is -1.96. The number of nitrogens with zero attached hydrogens (tertiary/aromatic N) is 1. The van der Waals surface area contributed by atoms with Crippen molar-refractivity contribution < 1.29 is 0 Å². The van der Waals surface area contributed by atoms with Crippen molar-refractivity contribution >= 4 is 11.9 Å². The molecule has 86 valence electrons. The van der Waals surface area contributed by atoms with Crippen molar-refractivity contribution in [1.29, 1.82) is 0 Å². The number of benzene rings is 1. The van der Waals surface area contributed by atoms with Gasteiger partial charge in [0.25, 0.3) is 0 Å². The molecule has 0 amide bonds. The molecule has 0 radical (unpaired) electrons. The number of rotatable bonds is 2. The van der Waals surface area contributed by atoms with E-state index < -0.39 is 0 Å². The summed E-state index contributed by atoms with van der Waals surface area (Å²) in [6.07, 6.45) is 1.84. The highest BCUT2D eigenvalue weighted by Crippen LogP contribution is 2.32. The second-order valence-corrected chi connectivity index (χ2v) is 4.58. The van der Waals surface area contributed by atoms with Crippen LogP contribution in [-0.4, -0.2) is 6.21 Å². The van der Waals surface area contributed by atoms with E-state index in [1.54, 1.807) is 0 Å². The topological polar surface area (TPSA) is 12.4 Å². The Morgan fingerprint density at radius 1 is 0.875 bits per heavy atom. The molecule has 0 bridgehead atoms. The Hall–Kier alpha value is -1.37. The predicted molar refractivity (Wildman–Crippen MR) is 73.1 cm³/mol.